The molecule has 1 heterocycles. The van der Waals surface area contributed by atoms with Crippen molar-refractivity contribution in [1.29, 1.82) is 0 Å². The molecule has 6 nitrogen and oxygen atoms in total. The smallest absolute Gasteiger partial charge is 0.342 e. The number of carbonyl (C=O) groups is 1. The van der Waals surface area contributed by atoms with E-state index in [-0.39, 0.29) is 11.5 Å². The fourth-order valence-corrected chi connectivity index (χ4v) is 1.69. The molecule has 0 unspecified atom stereocenters. The number of nitrogens with zero attached hydrogens (tertiary/aromatic N) is 1. The van der Waals surface area contributed by atoms with Crippen LogP contribution in [0.1, 0.15) is 21.8 Å². The van der Waals surface area contributed by atoms with Gasteiger partial charge in [0.1, 0.15) is 23.3 Å². The summed E-state index contributed by atoms with van der Waals surface area (Å²) in [6.45, 7) is 0. The monoisotopic (exact) mass is 287 g/mol. The summed E-state index contributed by atoms with van der Waals surface area (Å²) in [6.07, 6.45) is 2.90. The molecule has 0 atom stereocenters. The Labute approximate surface area is 121 Å². The summed E-state index contributed by atoms with van der Waals surface area (Å²) in [4.78, 5) is 15.8. The van der Waals surface area contributed by atoms with E-state index in [4.69, 9.17) is 18.6 Å². The van der Waals surface area contributed by atoms with Crippen LogP contribution >= 0.6 is 0 Å². The SMILES string of the molecule is COC(=O)c1c(C#Cc2ncco2)cc(OC)cc1OC. The zero-order valence-corrected chi connectivity index (χ0v) is 11.8. The van der Waals surface area contributed by atoms with Crippen LogP contribution in [0.25, 0.3) is 0 Å². The number of hydrogen-bond donors (Lipinski definition) is 0. The Hall–Kier alpha value is -2.94. The van der Waals surface area contributed by atoms with Gasteiger partial charge >= 0.3 is 5.97 Å². The first-order valence-corrected chi connectivity index (χ1v) is 5.95. The third-order valence-electron chi connectivity index (χ3n) is 2.66. The van der Waals surface area contributed by atoms with Gasteiger partial charge in [0.15, 0.2) is 0 Å². The highest BCUT2D eigenvalue weighted by Gasteiger charge is 2.19. The summed E-state index contributed by atoms with van der Waals surface area (Å²) in [6, 6.07) is 3.20. The molecule has 0 aliphatic rings. The van der Waals surface area contributed by atoms with E-state index in [0.717, 1.165) is 0 Å². The normalized spacial score (nSPS) is 9.48. The fourth-order valence-electron chi connectivity index (χ4n) is 1.69. The number of aromatic nitrogens is 1. The Balaban J connectivity index is 2.57. The number of benzene rings is 1. The van der Waals surface area contributed by atoms with Crippen molar-refractivity contribution in [2.75, 3.05) is 21.3 Å². The summed E-state index contributed by atoms with van der Waals surface area (Å²) < 4.78 is 20.2. The van der Waals surface area contributed by atoms with E-state index in [0.29, 0.717) is 17.1 Å². The number of methoxy groups -OCH3 is 3. The van der Waals surface area contributed by atoms with Gasteiger partial charge in [-0.3, -0.25) is 0 Å². The second-order valence-electron chi connectivity index (χ2n) is 3.83. The van der Waals surface area contributed by atoms with Gasteiger partial charge in [-0.25, -0.2) is 9.78 Å². The van der Waals surface area contributed by atoms with Gasteiger partial charge in [-0.1, -0.05) is 5.92 Å². The highest BCUT2D eigenvalue weighted by Crippen LogP contribution is 2.29. The zero-order chi connectivity index (χ0) is 15.2. The predicted octanol–water partition coefficient (Wildman–Crippen LogP) is 1.88. The third kappa shape index (κ3) is 3.15. The molecule has 0 N–H and O–H groups in total. The van der Waals surface area contributed by atoms with Crippen LogP contribution in [0.5, 0.6) is 11.5 Å². The second kappa shape index (κ2) is 6.48. The summed E-state index contributed by atoms with van der Waals surface area (Å²) >= 11 is 0. The molecule has 0 saturated carbocycles. The fraction of sp³-hybridized carbons (Fsp3) is 0.200. The average molecular weight is 287 g/mol. The van der Waals surface area contributed by atoms with Crippen molar-refractivity contribution >= 4 is 5.97 Å². The molecule has 0 radical (unpaired) electrons. The third-order valence-corrected chi connectivity index (χ3v) is 2.66. The quantitative estimate of drug-likeness (QED) is 0.634. The molecule has 2 aromatic rings. The van der Waals surface area contributed by atoms with Crippen LogP contribution in [0.2, 0.25) is 0 Å². The average Bonchev–Trinajstić information content (AvgIpc) is 3.04. The van der Waals surface area contributed by atoms with Gasteiger partial charge in [-0.2, -0.15) is 0 Å². The first-order valence-electron chi connectivity index (χ1n) is 5.95. The van der Waals surface area contributed by atoms with Crippen LogP contribution in [0, 0.1) is 11.8 Å². The van der Waals surface area contributed by atoms with Crippen molar-refractivity contribution in [2.24, 2.45) is 0 Å². The molecular weight excluding hydrogens is 274 g/mol. The highest BCUT2D eigenvalue weighted by atomic mass is 16.5. The Morgan fingerprint density at radius 1 is 1.19 bits per heavy atom. The van der Waals surface area contributed by atoms with Crippen molar-refractivity contribution < 1.29 is 23.4 Å². The summed E-state index contributed by atoms with van der Waals surface area (Å²) in [5.41, 5.74) is 0.621. The Kier molecular flexibility index (Phi) is 4.46. The van der Waals surface area contributed by atoms with Crippen LogP contribution in [0.3, 0.4) is 0 Å². The molecular formula is C15H13NO5. The molecule has 0 saturated heterocycles. The minimum atomic E-state index is -0.550. The van der Waals surface area contributed by atoms with Gasteiger partial charge in [0.2, 0.25) is 0 Å². The number of ether oxygens (including phenoxy) is 3. The van der Waals surface area contributed by atoms with E-state index in [2.05, 4.69) is 16.8 Å². The van der Waals surface area contributed by atoms with E-state index in [1.54, 1.807) is 12.1 Å². The Bertz CT molecular complexity index is 695. The maximum atomic E-state index is 11.9. The standard InChI is InChI=1S/C15H13NO5/c1-18-11-8-10(4-5-13-16-6-7-21-13)14(15(17)20-3)12(9-11)19-2/h6-9H,1-3H3. The summed E-state index contributed by atoms with van der Waals surface area (Å²) in [7, 11) is 4.25. The lowest BCUT2D eigenvalue weighted by Gasteiger charge is -2.11. The molecule has 1 aromatic carbocycles. The maximum Gasteiger partial charge on any atom is 0.342 e. The van der Waals surface area contributed by atoms with Crippen LogP contribution in [0.15, 0.2) is 29.0 Å². The molecule has 0 bridgehead atoms. The molecule has 0 aliphatic carbocycles. The molecule has 0 aliphatic heterocycles. The molecule has 0 spiro atoms. The van der Waals surface area contributed by atoms with Gasteiger partial charge in [0, 0.05) is 11.6 Å². The first kappa shape index (κ1) is 14.5. The topological polar surface area (TPSA) is 70.8 Å². The van der Waals surface area contributed by atoms with E-state index >= 15 is 0 Å². The van der Waals surface area contributed by atoms with Crippen molar-refractivity contribution in [1.82, 2.24) is 4.98 Å². The molecule has 21 heavy (non-hydrogen) atoms. The van der Waals surface area contributed by atoms with Gasteiger partial charge < -0.3 is 18.6 Å². The number of carbonyl (C=O) groups excluding carboxylic acids is 1. The second-order valence-corrected chi connectivity index (χ2v) is 3.83. The number of esters is 1. The van der Waals surface area contributed by atoms with E-state index in [1.807, 2.05) is 0 Å². The molecule has 0 fully saturated rings. The van der Waals surface area contributed by atoms with Gasteiger partial charge in [-0.15, -0.1) is 0 Å². The number of rotatable bonds is 3. The molecule has 2 rings (SSSR count). The summed E-state index contributed by atoms with van der Waals surface area (Å²) in [5.74, 6) is 6.05. The van der Waals surface area contributed by atoms with Crippen molar-refractivity contribution in [3.63, 3.8) is 0 Å². The Morgan fingerprint density at radius 3 is 2.57 bits per heavy atom. The van der Waals surface area contributed by atoms with Gasteiger partial charge in [-0.05, 0) is 12.0 Å². The van der Waals surface area contributed by atoms with Crippen LogP contribution in [-0.4, -0.2) is 32.3 Å². The van der Waals surface area contributed by atoms with Gasteiger partial charge in [0.05, 0.1) is 27.5 Å². The van der Waals surface area contributed by atoms with E-state index in [9.17, 15) is 4.79 Å². The maximum absolute atomic E-state index is 11.9. The largest absolute Gasteiger partial charge is 0.497 e. The zero-order valence-electron chi connectivity index (χ0n) is 11.8. The predicted molar refractivity (Wildman–Crippen MR) is 73.4 cm³/mol. The molecule has 6 heteroatoms. The van der Waals surface area contributed by atoms with E-state index < -0.39 is 5.97 Å². The van der Waals surface area contributed by atoms with E-state index in [1.165, 1.54) is 33.8 Å². The number of hydrogen-bond acceptors (Lipinski definition) is 6. The molecule has 1 aromatic heterocycles. The van der Waals surface area contributed by atoms with Crippen molar-refractivity contribution in [3.05, 3.63) is 41.6 Å². The van der Waals surface area contributed by atoms with Crippen LogP contribution in [0.4, 0.5) is 0 Å². The lowest BCUT2D eigenvalue weighted by atomic mass is 10.1. The minimum absolute atomic E-state index is 0.222. The van der Waals surface area contributed by atoms with Crippen LogP contribution < -0.4 is 9.47 Å². The lowest BCUT2D eigenvalue weighted by molar-refractivity contribution is 0.0596. The molecule has 0 amide bonds. The minimum Gasteiger partial charge on any atom is -0.497 e. The number of oxazole rings is 1. The Morgan fingerprint density at radius 2 is 2.00 bits per heavy atom. The van der Waals surface area contributed by atoms with Gasteiger partial charge in [0.25, 0.3) is 5.89 Å². The van der Waals surface area contributed by atoms with Crippen molar-refractivity contribution in [2.45, 2.75) is 0 Å². The molecule has 108 valence electrons. The first-order chi connectivity index (χ1) is 10.2. The lowest BCUT2D eigenvalue weighted by Crippen LogP contribution is -2.07. The van der Waals surface area contributed by atoms with Crippen LogP contribution in [-0.2, 0) is 4.74 Å². The van der Waals surface area contributed by atoms with Crippen molar-refractivity contribution in [3.8, 4) is 23.3 Å². The summed E-state index contributed by atoms with van der Waals surface area (Å²) in [5, 5.41) is 0. The highest BCUT2D eigenvalue weighted by molar-refractivity contribution is 5.95.